The molecule has 0 amide bonds. The van der Waals surface area contributed by atoms with Crippen LogP contribution in [0, 0.1) is 29.1 Å². The maximum atomic E-state index is 9.35. The fourth-order valence-corrected chi connectivity index (χ4v) is 5.65. The number of piperidine rings is 3. The molecular weight excluding hydrogens is 298 g/mol. The van der Waals surface area contributed by atoms with Crippen molar-refractivity contribution in [1.82, 2.24) is 14.9 Å². The summed E-state index contributed by atoms with van der Waals surface area (Å²) in [6, 6.07) is 3.84. The van der Waals surface area contributed by atoms with Crippen molar-refractivity contribution in [2.75, 3.05) is 24.5 Å². The second-order valence-corrected chi connectivity index (χ2v) is 8.21. The number of hydrogen-bond donors (Lipinski definition) is 0. The first-order valence-corrected chi connectivity index (χ1v) is 9.55. The second-order valence-electron chi connectivity index (χ2n) is 8.21. The monoisotopic (exact) mass is 323 g/mol. The van der Waals surface area contributed by atoms with Gasteiger partial charge in [-0.15, -0.1) is 0 Å². The van der Waals surface area contributed by atoms with Crippen LogP contribution in [-0.2, 0) is 0 Å². The van der Waals surface area contributed by atoms with E-state index < -0.39 is 0 Å². The summed E-state index contributed by atoms with van der Waals surface area (Å²) in [5.74, 6) is 3.24. The second kappa shape index (κ2) is 5.70. The summed E-state index contributed by atoms with van der Waals surface area (Å²) in [5.41, 5.74) is 0.480. The summed E-state index contributed by atoms with van der Waals surface area (Å²) in [7, 11) is 0. The number of aromatic nitrogens is 2. The van der Waals surface area contributed by atoms with Crippen molar-refractivity contribution < 1.29 is 0 Å². The Balaban J connectivity index is 1.40. The number of anilines is 1. The Morgan fingerprint density at radius 1 is 0.958 bits per heavy atom. The van der Waals surface area contributed by atoms with Gasteiger partial charge in [-0.2, -0.15) is 5.26 Å². The molecule has 0 spiro atoms. The Morgan fingerprint density at radius 2 is 1.75 bits per heavy atom. The summed E-state index contributed by atoms with van der Waals surface area (Å²) in [4.78, 5) is 14.0. The molecule has 0 aromatic carbocycles. The summed E-state index contributed by atoms with van der Waals surface area (Å²) < 4.78 is 0. The zero-order valence-electron chi connectivity index (χ0n) is 14.1. The smallest absolute Gasteiger partial charge is 0.183 e. The first-order valence-electron chi connectivity index (χ1n) is 9.55. The van der Waals surface area contributed by atoms with E-state index in [1.807, 2.05) is 0 Å². The van der Waals surface area contributed by atoms with Crippen LogP contribution >= 0.6 is 0 Å². The number of rotatable bonds is 2. The Labute approximate surface area is 143 Å². The van der Waals surface area contributed by atoms with E-state index in [0.29, 0.717) is 11.6 Å². The van der Waals surface area contributed by atoms with Gasteiger partial charge in [0.1, 0.15) is 6.07 Å². The van der Waals surface area contributed by atoms with Crippen molar-refractivity contribution in [1.29, 1.82) is 5.26 Å². The van der Waals surface area contributed by atoms with Gasteiger partial charge in [-0.1, -0.05) is 6.42 Å². The lowest BCUT2D eigenvalue weighted by molar-refractivity contribution is -0.0259. The van der Waals surface area contributed by atoms with Crippen molar-refractivity contribution in [3.63, 3.8) is 0 Å². The average molecular weight is 323 g/mol. The van der Waals surface area contributed by atoms with Gasteiger partial charge in [0, 0.05) is 44.1 Å². The van der Waals surface area contributed by atoms with Crippen LogP contribution in [0.3, 0.4) is 0 Å². The standard InChI is InChI=1S/C19H25N5/c20-9-16-19(22-7-6-21-16)23-10-13-8-15(12-23)18-3-1-2-17(14-4-5-14)24(18)11-13/h6-7,13-15,17-18H,1-5,8,10-12H2/t13-,15+,17+,18-/m0/s1. The molecule has 3 saturated heterocycles. The lowest BCUT2D eigenvalue weighted by Crippen LogP contribution is -2.62. The van der Waals surface area contributed by atoms with Crippen LogP contribution in [0.5, 0.6) is 0 Å². The molecule has 1 aromatic heterocycles. The van der Waals surface area contributed by atoms with Crippen LogP contribution in [0.1, 0.15) is 44.2 Å². The van der Waals surface area contributed by atoms with Gasteiger partial charge < -0.3 is 4.90 Å². The molecule has 126 valence electrons. The predicted molar refractivity (Wildman–Crippen MR) is 91.4 cm³/mol. The highest BCUT2D eigenvalue weighted by atomic mass is 15.3. The van der Waals surface area contributed by atoms with Crippen LogP contribution in [0.15, 0.2) is 12.4 Å². The minimum Gasteiger partial charge on any atom is -0.354 e. The molecule has 3 aliphatic heterocycles. The summed E-state index contributed by atoms with van der Waals surface area (Å²) in [6.45, 7) is 3.33. The lowest BCUT2D eigenvalue weighted by atomic mass is 9.74. The van der Waals surface area contributed by atoms with Gasteiger partial charge in [-0.3, -0.25) is 4.90 Å². The minimum atomic E-state index is 0.480. The third kappa shape index (κ3) is 2.39. The molecule has 5 heteroatoms. The third-order valence-corrected chi connectivity index (χ3v) is 6.69. The molecule has 4 heterocycles. The first kappa shape index (κ1) is 14.7. The van der Waals surface area contributed by atoms with E-state index >= 15 is 0 Å². The average Bonchev–Trinajstić information content (AvgIpc) is 3.46. The normalized spacial score (nSPS) is 36.0. The zero-order valence-corrected chi connectivity index (χ0v) is 14.1. The number of fused-ring (bicyclic) bond motifs is 4. The van der Waals surface area contributed by atoms with Crippen molar-refractivity contribution >= 4 is 5.82 Å². The van der Waals surface area contributed by atoms with E-state index in [2.05, 4.69) is 25.8 Å². The largest absolute Gasteiger partial charge is 0.354 e. The van der Waals surface area contributed by atoms with Gasteiger partial charge in [-0.05, 0) is 49.9 Å². The van der Waals surface area contributed by atoms with E-state index in [9.17, 15) is 5.26 Å². The van der Waals surface area contributed by atoms with E-state index in [0.717, 1.165) is 42.8 Å². The van der Waals surface area contributed by atoms with Gasteiger partial charge in [0.05, 0.1) is 0 Å². The van der Waals surface area contributed by atoms with Crippen molar-refractivity contribution in [3.05, 3.63) is 18.1 Å². The highest BCUT2D eigenvalue weighted by molar-refractivity contribution is 5.50. The molecule has 2 bridgehead atoms. The fourth-order valence-electron chi connectivity index (χ4n) is 5.65. The Hall–Kier alpha value is -1.67. The van der Waals surface area contributed by atoms with Gasteiger partial charge in [0.15, 0.2) is 11.5 Å². The molecule has 5 nitrogen and oxygen atoms in total. The maximum absolute atomic E-state index is 9.35. The summed E-state index contributed by atoms with van der Waals surface area (Å²) >= 11 is 0. The van der Waals surface area contributed by atoms with E-state index in [-0.39, 0.29) is 0 Å². The molecule has 4 atom stereocenters. The highest BCUT2D eigenvalue weighted by Gasteiger charge is 2.48. The third-order valence-electron chi connectivity index (χ3n) is 6.69. The van der Waals surface area contributed by atoms with Crippen LogP contribution in [0.4, 0.5) is 5.82 Å². The molecule has 1 saturated carbocycles. The lowest BCUT2D eigenvalue weighted by Gasteiger charge is -2.55. The number of nitriles is 1. The molecule has 1 aliphatic carbocycles. The van der Waals surface area contributed by atoms with Crippen LogP contribution in [0.2, 0.25) is 0 Å². The molecule has 1 aromatic rings. The zero-order chi connectivity index (χ0) is 16.1. The summed E-state index contributed by atoms with van der Waals surface area (Å²) in [6.07, 6.45) is 11.8. The predicted octanol–water partition coefficient (Wildman–Crippen LogP) is 2.44. The Kier molecular flexibility index (Phi) is 3.48. The number of nitrogens with zero attached hydrogens (tertiary/aromatic N) is 5. The molecule has 4 aliphatic rings. The van der Waals surface area contributed by atoms with Gasteiger partial charge in [0.2, 0.25) is 0 Å². The van der Waals surface area contributed by atoms with Crippen molar-refractivity contribution in [3.8, 4) is 6.07 Å². The van der Waals surface area contributed by atoms with Crippen LogP contribution < -0.4 is 4.90 Å². The molecule has 5 rings (SSSR count). The van der Waals surface area contributed by atoms with Gasteiger partial charge in [0.25, 0.3) is 0 Å². The molecule has 0 unspecified atom stereocenters. The van der Waals surface area contributed by atoms with Crippen LogP contribution in [-0.4, -0.2) is 46.6 Å². The summed E-state index contributed by atoms with van der Waals surface area (Å²) in [5, 5.41) is 9.35. The maximum Gasteiger partial charge on any atom is 0.183 e. The number of hydrogen-bond acceptors (Lipinski definition) is 5. The van der Waals surface area contributed by atoms with Gasteiger partial charge >= 0.3 is 0 Å². The van der Waals surface area contributed by atoms with Crippen molar-refractivity contribution in [2.45, 2.75) is 50.6 Å². The molecule has 4 fully saturated rings. The SMILES string of the molecule is N#Cc1nccnc1N1C[C@@H]2C[C@H](C1)[C@@H]1CCC[C@H](C3CC3)N1C2. The van der Waals surface area contributed by atoms with Crippen LogP contribution in [0.25, 0.3) is 0 Å². The molecule has 0 radical (unpaired) electrons. The van der Waals surface area contributed by atoms with E-state index in [1.54, 1.807) is 12.4 Å². The molecule has 24 heavy (non-hydrogen) atoms. The quantitative estimate of drug-likeness (QED) is 0.837. The van der Waals surface area contributed by atoms with Gasteiger partial charge in [-0.25, -0.2) is 9.97 Å². The Morgan fingerprint density at radius 3 is 2.54 bits per heavy atom. The van der Waals surface area contributed by atoms with E-state index in [4.69, 9.17) is 0 Å². The fraction of sp³-hybridized carbons (Fsp3) is 0.737. The van der Waals surface area contributed by atoms with E-state index in [1.165, 1.54) is 45.1 Å². The molecular formula is C19H25N5. The topological polar surface area (TPSA) is 56.1 Å². The van der Waals surface area contributed by atoms with Crippen molar-refractivity contribution in [2.24, 2.45) is 17.8 Å². The first-order chi connectivity index (χ1) is 11.8. The highest BCUT2D eigenvalue weighted by Crippen LogP contribution is 2.46. The molecule has 0 N–H and O–H groups in total. The Bertz CT molecular complexity index is 664. The minimum absolute atomic E-state index is 0.480.